The molecule has 0 N–H and O–H groups in total. The molecule has 0 spiro atoms. The summed E-state index contributed by atoms with van der Waals surface area (Å²) in [5.41, 5.74) is 0.831. The molecule has 120 valence electrons. The molecule has 0 aromatic heterocycles. The predicted molar refractivity (Wildman–Crippen MR) is 77.5 cm³/mol. The van der Waals surface area contributed by atoms with E-state index in [0.717, 1.165) is 0 Å². The van der Waals surface area contributed by atoms with Crippen LogP contribution in [0, 0.1) is 28.6 Å². The van der Waals surface area contributed by atoms with Crippen LogP contribution in [0.4, 0.5) is 8.78 Å². The Morgan fingerprint density at radius 1 is 1.35 bits per heavy atom. The Balaban J connectivity index is 2.44. The van der Waals surface area contributed by atoms with Gasteiger partial charge in [-0.1, -0.05) is 0 Å². The molecule has 4 nitrogen and oxygen atoms in total. The van der Waals surface area contributed by atoms with Crippen molar-refractivity contribution in [2.45, 2.75) is 38.0 Å². The van der Waals surface area contributed by atoms with Gasteiger partial charge in [-0.25, -0.2) is 8.78 Å². The molecule has 0 bridgehead atoms. The van der Waals surface area contributed by atoms with Crippen LogP contribution in [0.25, 0.3) is 0 Å². The first-order chi connectivity index (χ1) is 10.9. The highest BCUT2D eigenvalue weighted by Gasteiger charge is 2.45. The Morgan fingerprint density at radius 2 is 1.96 bits per heavy atom. The number of benzene rings is 1. The monoisotopic (exact) mass is 318 g/mol. The predicted octanol–water partition coefficient (Wildman–Crippen LogP) is 3.51. The first-order valence-electron chi connectivity index (χ1n) is 7.40. The van der Waals surface area contributed by atoms with Crippen LogP contribution < -0.4 is 0 Å². The first-order valence-corrected chi connectivity index (χ1v) is 7.40. The molecule has 0 amide bonds. The zero-order valence-electron chi connectivity index (χ0n) is 12.7. The van der Waals surface area contributed by atoms with Gasteiger partial charge in [0.05, 0.1) is 35.8 Å². The van der Waals surface area contributed by atoms with Crippen molar-refractivity contribution in [3.8, 4) is 12.1 Å². The molecule has 1 aromatic carbocycles. The standard InChI is InChI=1S/C17H16F2N2O2/c1-2-23-16(22)15(13-3-4-17(18,19)8-13)14-6-11(9-20)5-12(7-14)10-21/h5-7,13,15H,2-4,8H2,1H3. The van der Waals surface area contributed by atoms with Crippen LogP contribution in [0.1, 0.15) is 48.8 Å². The number of carbonyl (C=O) groups is 1. The summed E-state index contributed by atoms with van der Waals surface area (Å²) in [5.74, 6) is -4.83. The van der Waals surface area contributed by atoms with Crippen LogP contribution >= 0.6 is 0 Å². The molecule has 2 atom stereocenters. The lowest BCUT2D eigenvalue weighted by atomic mass is 9.83. The summed E-state index contributed by atoms with van der Waals surface area (Å²) < 4.78 is 32.1. The summed E-state index contributed by atoms with van der Waals surface area (Å²) in [4.78, 5) is 12.3. The van der Waals surface area contributed by atoms with Gasteiger partial charge in [-0.15, -0.1) is 0 Å². The van der Waals surface area contributed by atoms with E-state index in [1.54, 1.807) is 6.92 Å². The van der Waals surface area contributed by atoms with Crippen molar-refractivity contribution in [3.63, 3.8) is 0 Å². The number of halogens is 2. The molecule has 0 aliphatic heterocycles. The van der Waals surface area contributed by atoms with E-state index < -0.39 is 30.1 Å². The van der Waals surface area contributed by atoms with Crippen LogP contribution in [0.5, 0.6) is 0 Å². The van der Waals surface area contributed by atoms with Gasteiger partial charge < -0.3 is 4.74 Å². The molecule has 23 heavy (non-hydrogen) atoms. The van der Waals surface area contributed by atoms with Crippen LogP contribution in [-0.4, -0.2) is 18.5 Å². The molecule has 1 saturated carbocycles. The number of esters is 1. The second kappa shape index (κ2) is 6.75. The topological polar surface area (TPSA) is 73.9 Å². The summed E-state index contributed by atoms with van der Waals surface area (Å²) in [6.07, 6.45) is -0.457. The van der Waals surface area contributed by atoms with E-state index >= 15 is 0 Å². The van der Waals surface area contributed by atoms with Crippen molar-refractivity contribution in [3.05, 3.63) is 34.9 Å². The van der Waals surface area contributed by atoms with Crippen molar-refractivity contribution in [1.82, 2.24) is 0 Å². The van der Waals surface area contributed by atoms with Crippen molar-refractivity contribution in [2.24, 2.45) is 5.92 Å². The number of rotatable bonds is 4. The minimum Gasteiger partial charge on any atom is -0.466 e. The zero-order chi connectivity index (χ0) is 17.0. The van der Waals surface area contributed by atoms with E-state index in [9.17, 15) is 13.6 Å². The van der Waals surface area contributed by atoms with E-state index in [1.165, 1.54) is 18.2 Å². The van der Waals surface area contributed by atoms with E-state index in [4.69, 9.17) is 15.3 Å². The largest absolute Gasteiger partial charge is 0.466 e. The maximum atomic E-state index is 13.6. The second-order valence-electron chi connectivity index (χ2n) is 5.66. The molecule has 1 aliphatic rings. The lowest BCUT2D eigenvalue weighted by Gasteiger charge is -2.22. The number of ether oxygens (including phenoxy) is 1. The maximum Gasteiger partial charge on any atom is 0.313 e. The van der Waals surface area contributed by atoms with Gasteiger partial charge in [0, 0.05) is 12.8 Å². The third kappa shape index (κ3) is 3.84. The molecule has 0 radical (unpaired) electrons. The Bertz CT molecular complexity index is 657. The Kier molecular flexibility index (Phi) is 4.95. The molecule has 0 saturated heterocycles. The van der Waals surface area contributed by atoms with Crippen molar-refractivity contribution in [1.29, 1.82) is 10.5 Å². The van der Waals surface area contributed by atoms with E-state index in [0.29, 0.717) is 5.56 Å². The molecule has 6 heteroatoms. The maximum absolute atomic E-state index is 13.6. The van der Waals surface area contributed by atoms with Gasteiger partial charge in [0.15, 0.2) is 0 Å². The van der Waals surface area contributed by atoms with Crippen LogP contribution in [-0.2, 0) is 9.53 Å². The molecular weight excluding hydrogens is 302 g/mol. The first kappa shape index (κ1) is 16.9. The highest BCUT2D eigenvalue weighted by molar-refractivity contribution is 5.79. The number of nitriles is 2. The minimum atomic E-state index is -2.79. The van der Waals surface area contributed by atoms with E-state index in [2.05, 4.69) is 0 Å². The van der Waals surface area contributed by atoms with Gasteiger partial charge >= 0.3 is 5.97 Å². The number of alkyl halides is 2. The zero-order valence-corrected chi connectivity index (χ0v) is 12.7. The summed E-state index contributed by atoms with van der Waals surface area (Å²) in [5, 5.41) is 18.1. The Labute approximate surface area is 133 Å². The average Bonchev–Trinajstić information content (AvgIpc) is 2.87. The quantitative estimate of drug-likeness (QED) is 0.796. The molecule has 1 aromatic rings. The number of hydrogen-bond donors (Lipinski definition) is 0. The summed E-state index contributed by atoms with van der Waals surface area (Å²) >= 11 is 0. The van der Waals surface area contributed by atoms with E-state index in [1.807, 2.05) is 12.1 Å². The average molecular weight is 318 g/mol. The molecule has 1 aliphatic carbocycles. The third-order valence-corrected chi connectivity index (χ3v) is 4.03. The molecular formula is C17H16F2N2O2. The fourth-order valence-electron chi connectivity index (χ4n) is 3.06. The van der Waals surface area contributed by atoms with E-state index in [-0.39, 0.29) is 30.6 Å². The molecule has 2 unspecified atom stereocenters. The second-order valence-corrected chi connectivity index (χ2v) is 5.66. The summed E-state index contributed by atoms with van der Waals surface area (Å²) in [7, 11) is 0. The van der Waals surface area contributed by atoms with Gasteiger partial charge in [-0.05, 0) is 43.0 Å². The lowest BCUT2D eigenvalue weighted by molar-refractivity contribution is -0.146. The highest BCUT2D eigenvalue weighted by atomic mass is 19.3. The SMILES string of the molecule is CCOC(=O)C(c1cc(C#N)cc(C#N)c1)C1CCC(F)(F)C1. The smallest absolute Gasteiger partial charge is 0.313 e. The van der Waals surface area contributed by atoms with Gasteiger partial charge in [-0.3, -0.25) is 4.79 Å². The van der Waals surface area contributed by atoms with Crippen LogP contribution in [0.15, 0.2) is 18.2 Å². The highest BCUT2D eigenvalue weighted by Crippen LogP contribution is 2.46. The van der Waals surface area contributed by atoms with Gasteiger partial charge in [-0.2, -0.15) is 10.5 Å². The minimum absolute atomic E-state index is 0.140. The number of nitrogens with zero attached hydrogens (tertiary/aromatic N) is 2. The van der Waals surface area contributed by atoms with Crippen molar-refractivity contribution >= 4 is 5.97 Å². The normalized spacial score (nSPS) is 20.3. The molecule has 1 fully saturated rings. The van der Waals surface area contributed by atoms with Crippen LogP contribution in [0.3, 0.4) is 0 Å². The van der Waals surface area contributed by atoms with Gasteiger partial charge in [0.2, 0.25) is 5.92 Å². The van der Waals surface area contributed by atoms with Crippen molar-refractivity contribution < 1.29 is 18.3 Å². The fraction of sp³-hybridized carbons (Fsp3) is 0.471. The molecule has 2 rings (SSSR count). The van der Waals surface area contributed by atoms with Crippen molar-refractivity contribution in [2.75, 3.05) is 6.61 Å². The third-order valence-electron chi connectivity index (χ3n) is 4.03. The number of hydrogen-bond acceptors (Lipinski definition) is 4. The Hall–Kier alpha value is -2.47. The van der Waals surface area contributed by atoms with Crippen LogP contribution in [0.2, 0.25) is 0 Å². The molecule has 0 heterocycles. The van der Waals surface area contributed by atoms with Gasteiger partial charge in [0.25, 0.3) is 0 Å². The Morgan fingerprint density at radius 3 is 2.39 bits per heavy atom. The fourth-order valence-corrected chi connectivity index (χ4v) is 3.06. The summed E-state index contributed by atoms with van der Waals surface area (Å²) in [6, 6.07) is 8.19. The summed E-state index contributed by atoms with van der Waals surface area (Å²) in [6.45, 7) is 1.78. The number of carbonyl (C=O) groups excluding carboxylic acids is 1. The van der Waals surface area contributed by atoms with Gasteiger partial charge in [0.1, 0.15) is 0 Å². The lowest BCUT2D eigenvalue weighted by Crippen LogP contribution is -2.24.